The van der Waals surface area contributed by atoms with E-state index in [0.29, 0.717) is 23.7 Å². The highest BCUT2D eigenvalue weighted by molar-refractivity contribution is 7.90. The summed E-state index contributed by atoms with van der Waals surface area (Å²) in [4.78, 5) is 27.1. The minimum Gasteiger partial charge on any atom is -0.493 e. The third kappa shape index (κ3) is 3.86. The summed E-state index contributed by atoms with van der Waals surface area (Å²) in [5.74, 6) is -1.01. The van der Waals surface area contributed by atoms with Crippen LogP contribution in [0.2, 0.25) is 0 Å². The molecule has 2 amide bonds. The lowest BCUT2D eigenvalue weighted by molar-refractivity contribution is 0.0597. The molecule has 2 aromatic rings. The Balaban J connectivity index is 2.15. The van der Waals surface area contributed by atoms with Crippen LogP contribution in [0.5, 0.6) is 11.5 Å². The summed E-state index contributed by atoms with van der Waals surface area (Å²) in [7, 11) is -2.11. The monoisotopic (exact) mass is 428 g/mol. The van der Waals surface area contributed by atoms with Crippen LogP contribution in [-0.2, 0) is 9.84 Å². The number of hydrogen-bond acceptors (Lipinski definition) is 7. The summed E-state index contributed by atoms with van der Waals surface area (Å²) >= 11 is 0. The van der Waals surface area contributed by atoms with Crippen LogP contribution in [0.1, 0.15) is 44.8 Å². The number of nitriles is 1. The van der Waals surface area contributed by atoms with Crippen molar-refractivity contribution in [3.05, 3.63) is 58.7 Å². The lowest BCUT2D eigenvalue weighted by Crippen LogP contribution is -2.37. The van der Waals surface area contributed by atoms with Crippen LogP contribution in [0.15, 0.2) is 36.4 Å². The molecule has 1 aliphatic heterocycles. The second kappa shape index (κ2) is 8.16. The fourth-order valence-corrected chi connectivity index (χ4v) is 4.37. The molecular weight excluding hydrogens is 408 g/mol. The predicted molar refractivity (Wildman–Crippen MR) is 108 cm³/mol. The normalized spacial score (nSPS) is 14.3. The van der Waals surface area contributed by atoms with Gasteiger partial charge in [-0.2, -0.15) is 5.26 Å². The number of methoxy groups -OCH3 is 1. The van der Waals surface area contributed by atoms with E-state index in [1.165, 1.54) is 25.3 Å². The number of nitrogens with zero attached hydrogens (tertiary/aromatic N) is 2. The van der Waals surface area contributed by atoms with Gasteiger partial charge in [-0.05, 0) is 36.8 Å². The second-order valence-corrected chi connectivity index (χ2v) is 8.96. The van der Waals surface area contributed by atoms with Gasteiger partial charge in [0, 0.05) is 6.26 Å². The summed E-state index contributed by atoms with van der Waals surface area (Å²) in [5.41, 5.74) is 0.534. The maximum Gasteiger partial charge on any atom is 0.263 e. The zero-order chi connectivity index (χ0) is 22.1. The Morgan fingerprint density at radius 2 is 1.87 bits per heavy atom. The highest BCUT2D eigenvalue weighted by Crippen LogP contribution is 2.37. The third-order valence-electron chi connectivity index (χ3n) is 4.71. The van der Waals surface area contributed by atoms with Crippen LogP contribution < -0.4 is 9.47 Å². The van der Waals surface area contributed by atoms with E-state index < -0.39 is 33.4 Å². The molecule has 1 heterocycles. The molecule has 0 bridgehead atoms. The topological polar surface area (TPSA) is 114 Å². The van der Waals surface area contributed by atoms with Crippen LogP contribution >= 0.6 is 0 Å². The van der Waals surface area contributed by atoms with Crippen molar-refractivity contribution in [1.82, 2.24) is 4.90 Å². The smallest absolute Gasteiger partial charge is 0.263 e. The average Bonchev–Trinajstić information content (AvgIpc) is 2.96. The summed E-state index contributed by atoms with van der Waals surface area (Å²) < 4.78 is 35.1. The number of benzene rings is 2. The van der Waals surface area contributed by atoms with Crippen molar-refractivity contribution in [3.63, 3.8) is 0 Å². The molecule has 0 saturated carbocycles. The van der Waals surface area contributed by atoms with Gasteiger partial charge in [-0.15, -0.1) is 0 Å². The molecule has 0 N–H and O–H groups in total. The molecule has 0 spiro atoms. The Labute approximate surface area is 174 Å². The molecule has 3 rings (SSSR count). The van der Waals surface area contributed by atoms with Crippen LogP contribution in [-0.4, -0.2) is 50.9 Å². The molecule has 1 atom stereocenters. The molecule has 0 aromatic heterocycles. The van der Waals surface area contributed by atoms with Gasteiger partial charge in [0.2, 0.25) is 0 Å². The number of imide groups is 1. The first-order valence-corrected chi connectivity index (χ1v) is 11.2. The fraction of sp³-hybridized carbons (Fsp3) is 0.286. The number of sulfone groups is 1. The number of ether oxygens (including phenoxy) is 2. The van der Waals surface area contributed by atoms with Gasteiger partial charge in [0.05, 0.1) is 48.3 Å². The SMILES string of the molecule is CCOc1cc([C@@H](CS(C)(=O)=O)N2C(=O)c3cccc(C#N)c3C2=O)ccc1OC. The number of carbonyl (C=O) groups excluding carboxylic acids is 2. The largest absolute Gasteiger partial charge is 0.493 e. The minimum absolute atomic E-state index is 0.0120. The van der Waals surface area contributed by atoms with E-state index >= 15 is 0 Å². The summed E-state index contributed by atoms with van der Waals surface area (Å²) in [5, 5.41) is 9.33. The van der Waals surface area contributed by atoms with Gasteiger partial charge in [0.25, 0.3) is 11.8 Å². The fourth-order valence-electron chi connectivity index (χ4n) is 3.46. The molecule has 156 valence electrons. The molecular formula is C21H20N2O6S. The molecule has 0 saturated heterocycles. The highest BCUT2D eigenvalue weighted by Gasteiger charge is 2.43. The lowest BCUT2D eigenvalue weighted by atomic mass is 10.0. The molecule has 0 unspecified atom stereocenters. The molecule has 8 nitrogen and oxygen atoms in total. The van der Waals surface area contributed by atoms with Crippen molar-refractivity contribution >= 4 is 21.7 Å². The van der Waals surface area contributed by atoms with Gasteiger partial charge in [-0.25, -0.2) is 8.42 Å². The van der Waals surface area contributed by atoms with Crippen LogP contribution in [0.3, 0.4) is 0 Å². The van der Waals surface area contributed by atoms with Crippen molar-refractivity contribution < 1.29 is 27.5 Å². The van der Waals surface area contributed by atoms with Gasteiger partial charge >= 0.3 is 0 Å². The molecule has 0 aliphatic carbocycles. The maximum absolute atomic E-state index is 13.1. The highest BCUT2D eigenvalue weighted by atomic mass is 32.2. The van der Waals surface area contributed by atoms with E-state index in [4.69, 9.17) is 9.47 Å². The lowest BCUT2D eigenvalue weighted by Gasteiger charge is -2.26. The van der Waals surface area contributed by atoms with Crippen LogP contribution in [0.4, 0.5) is 0 Å². The zero-order valence-electron chi connectivity index (χ0n) is 16.7. The number of carbonyl (C=O) groups is 2. The van der Waals surface area contributed by atoms with Crippen molar-refractivity contribution in [2.75, 3.05) is 25.7 Å². The first kappa shape index (κ1) is 21.3. The first-order chi connectivity index (χ1) is 14.2. The summed E-state index contributed by atoms with van der Waals surface area (Å²) in [6, 6.07) is 9.97. The second-order valence-electron chi connectivity index (χ2n) is 6.77. The summed E-state index contributed by atoms with van der Waals surface area (Å²) in [6.45, 7) is 2.13. The van der Waals surface area contributed by atoms with E-state index in [-0.39, 0.29) is 16.7 Å². The predicted octanol–water partition coefficient (Wildman–Crippen LogP) is 2.35. The minimum atomic E-state index is -3.58. The van der Waals surface area contributed by atoms with Gasteiger partial charge in [0.1, 0.15) is 9.84 Å². The Morgan fingerprint density at radius 3 is 2.47 bits per heavy atom. The number of rotatable bonds is 7. The molecule has 0 radical (unpaired) electrons. The Morgan fingerprint density at radius 1 is 1.13 bits per heavy atom. The van der Waals surface area contributed by atoms with Crippen molar-refractivity contribution in [2.24, 2.45) is 0 Å². The molecule has 0 fully saturated rings. The molecule has 30 heavy (non-hydrogen) atoms. The van der Waals surface area contributed by atoms with Crippen molar-refractivity contribution in [1.29, 1.82) is 5.26 Å². The van der Waals surface area contributed by atoms with E-state index in [1.807, 2.05) is 6.07 Å². The Bertz CT molecular complexity index is 1170. The van der Waals surface area contributed by atoms with E-state index in [0.717, 1.165) is 11.2 Å². The van der Waals surface area contributed by atoms with Crippen molar-refractivity contribution in [3.8, 4) is 17.6 Å². The van der Waals surface area contributed by atoms with Crippen LogP contribution in [0.25, 0.3) is 0 Å². The summed E-state index contributed by atoms with van der Waals surface area (Å²) in [6.07, 6.45) is 1.03. The maximum atomic E-state index is 13.1. The number of fused-ring (bicyclic) bond motifs is 1. The van der Waals surface area contributed by atoms with Gasteiger partial charge in [-0.3, -0.25) is 14.5 Å². The van der Waals surface area contributed by atoms with Gasteiger partial charge in [0.15, 0.2) is 11.5 Å². The number of hydrogen-bond donors (Lipinski definition) is 0. The quantitative estimate of drug-likeness (QED) is 0.622. The van der Waals surface area contributed by atoms with Gasteiger partial charge in [-0.1, -0.05) is 12.1 Å². The van der Waals surface area contributed by atoms with E-state index in [2.05, 4.69) is 0 Å². The Hall–Kier alpha value is -3.38. The van der Waals surface area contributed by atoms with Gasteiger partial charge < -0.3 is 9.47 Å². The standard InChI is InChI=1S/C21H20N2O6S/c1-4-29-18-10-13(8-9-17(18)28-2)16(12-30(3,26)27)23-20(24)15-7-5-6-14(11-22)19(15)21(23)25/h5-10,16H,4,12H2,1-3H3/t16-/m1/s1. The van der Waals surface area contributed by atoms with Crippen LogP contribution in [0, 0.1) is 11.3 Å². The average molecular weight is 428 g/mol. The number of amides is 2. The molecule has 1 aliphatic rings. The van der Waals surface area contributed by atoms with E-state index in [1.54, 1.807) is 25.1 Å². The zero-order valence-corrected chi connectivity index (χ0v) is 17.5. The third-order valence-corrected chi connectivity index (χ3v) is 5.63. The Kier molecular flexibility index (Phi) is 5.80. The van der Waals surface area contributed by atoms with E-state index in [9.17, 15) is 23.3 Å². The molecule has 2 aromatic carbocycles. The van der Waals surface area contributed by atoms with Crippen molar-refractivity contribution in [2.45, 2.75) is 13.0 Å². The first-order valence-electron chi connectivity index (χ1n) is 9.11. The molecule has 9 heteroatoms.